The summed E-state index contributed by atoms with van der Waals surface area (Å²) in [6, 6.07) is 12.1. The average molecular weight is 348 g/mol. The van der Waals surface area contributed by atoms with Crippen LogP contribution in [0, 0.1) is 6.92 Å². The van der Waals surface area contributed by atoms with Gasteiger partial charge in [-0.25, -0.2) is 4.79 Å². The van der Waals surface area contributed by atoms with Gasteiger partial charge in [0.2, 0.25) is 0 Å². The molecule has 2 aromatic heterocycles. The SMILES string of the molecule is Cc1cc(O)c(C2OC(=O)c3ccccc32)c(=O)n1Cc1cccnc1. The second-order valence-electron chi connectivity index (χ2n) is 6.21. The summed E-state index contributed by atoms with van der Waals surface area (Å²) >= 11 is 0. The fourth-order valence-electron chi connectivity index (χ4n) is 3.25. The number of benzene rings is 1. The van der Waals surface area contributed by atoms with Crippen LogP contribution in [0.5, 0.6) is 5.75 Å². The van der Waals surface area contributed by atoms with Crippen LogP contribution in [0.15, 0.2) is 59.7 Å². The fourth-order valence-corrected chi connectivity index (χ4v) is 3.25. The zero-order valence-electron chi connectivity index (χ0n) is 14.0. The van der Waals surface area contributed by atoms with Gasteiger partial charge in [-0.05, 0) is 30.7 Å². The Morgan fingerprint density at radius 2 is 2.00 bits per heavy atom. The van der Waals surface area contributed by atoms with Crippen LogP contribution in [0.3, 0.4) is 0 Å². The van der Waals surface area contributed by atoms with E-state index in [9.17, 15) is 14.7 Å². The number of aromatic hydroxyl groups is 1. The number of cyclic esters (lactones) is 1. The van der Waals surface area contributed by atoms with Crippen molar-refractivity contribution in [1.82, 2.24) is 9.55 Å². The number of nitrogens with zero attached hydrogens (tertiary/aromatic N) is 2. The fraction of sp³-hybridized carbons (Fsp3) is 0.150. The minimum absolute atomic E-state index is 0.0674. The van der Waals surface area contributed by atoms with Crippen molar-refractivity contribution in [3.8, 4) is 5.75 Å². The number of carbonyl (C=O) groups excluding carboxylic acids is 1. The number of hydrogen-bond donors (Lipinski definition) is 1. The minimum Gasteiger partial charge on any atom is -0.507 e. The largest absolute Gasteiger partial charge is 0.507 e. The third-order valence-corrected chi connectivity index (χ3v) is 4.54. The molecule has 0 aliphatic carbocycles. The molecule has 1 atom stereocenters. The maximum absolute atomic E-state index is 13.1. The summed E-state index contributed by atoms with van der Waals surface area (Å²) in [6.07, 6.45) is 2.44. The molecule has 4 rings (SSSR count). The molecule has 1 aliphatic heterocycles. The summed E-state index contributed by atoms with van der Waals surface area (Å²) in [5.74, 6) is -0.673. The zero-order chi connectivity index (χ0) is 18.3. The first-order chi connectivity index (χ1) is 12.6. The van der Waals surface area contributed by atoms with Gasteiger partial charge >= 0.3 is 5.97 Å². The summed E-state index contributed by atoms with van der Waals surface area (Å²) in [7, 11) is 0. The topological polar surface area (TPSA) is 81.4 Å². The summed E-state index contributed by atoms with van der Waals surface area (Å²) in [5, 5.41) is 10.4. The molecule has 1 unspecified atom stereocenters. The standard InChI is InChI=1S/C20H16N2O4/c1-12-9-16(23)17(18-14-6-2-3-7-15(14)20(25)26-18)19(24)22(12)11-13-5-4-8-21-10-13/h2-10,18,23H,11H2,1H3. The van der Waals surface area contributed by atoms with E-state index >= 15 is 0 Å². The summed E-state index contributed by atoms with van der Waals surface area (Å²) in [4.78, 5) is 29.3. The van der Waals surface area contributed by atoms with Gasteiger partial charge in [0.25, 0.3) is 5.56 Å². The molecule has 0 amide bonds. The molecule has 0 bridgehead atoms. The van der Waals surface area contributed by atoms with Gasteiger partial charge in [0.05, 0.1) is 12.1 Å². The van der Waals surface area contributed by atoms with Crippen LogP contribution in [0.4, 0.5) is 0 Å². The summed E-state index contributed by atoms with van der Waals surface area (Å²) < 4.78 is 6.94. The first-order valence-electron chi connectivity index (χ1n) is 8.18. The average Bonchev–Trinajstić information content (AvgIpc) is 2.96. The third kappa shape index (κ3) is 2.56. The van der Waals surface area contributed by atoms with Crippen molar-refractivity contribution in [3.05, 3.63) is 93.2 Å². The predicted molar refractivity (Wildman–Crippen MR) is 94.1 cm³/mol. The van der Waals surface area contributed by atoms with Crippen molar-refractivity contribution in [1.29, 1.82) is 0 Å². The van der Waals surface area contributed by atoms with E-state index < -0.39 is 12.1 Å². The normalized spacial score (nSPS) is 15.6. The van der Waals surface area contributed by atoms with E-state index in [0.29, 0.717) is 23.4 Å². The van der Waals surface area contributed by atoms with Crippen LogP contribution >= 0.6 is 0 Å². The molecule has 3 heterocycles. The van der Waals surface area contributed by atoms with E-state index in [1.54, 1.807) is 54.2 Å². The highest BCUT2D eigenvalue weighted by atomic mass is 16.5. The molecule has 1 aromatic carbocycles. The minimum atomic E-state index is -0.910. The first-order valence-corrected chi connectivity index (χ1v) is 8.18. The Balaban J connectivity index is 1.85. The van der Waals surface area contributed by atoms with E-state index in [2.05, 4.69) is 4.98 Å². The molecule has 6 heteroatoms. The van der Waals surface area contributed by atoms with Crippen molar-refractivity contribution in [2.75, 3.05) is 0 Å². The Morgan fingerprint density at radius 3 is 2.77 bits per heavy atom. The van der Waals surface area contributed by atoms with Crippen molar-refractivity contribution in [2.45, 2.75) is 19.6 Å². The molecule has 1 aliphatic rings. The van der Waals surface area contributed by atoms with Crippen molar-refractivity contribution in [2.24, 2.45) is 0 Å². The number of rotatable bonds is 3. The van der Waals surface area contributed by atoms with E-state index in [4.69, 9.17) is 4.74 Å². The van der Waals surface area contributed by atoms with Gasteiger partial charge < -0.3 is 14.4 Å². The second kappa shape index (κ2) is 6.15. The number of pyridine rings is 2. The van der Waals surface area contributed by atoms with Crippen LogP contribution in [-0.4, -0.2) is 20.6 Å². The number of esters is 1. The molecule has 1 N–H and O–H groups in total. The lowest BCUT2D eigenvalue weighted by molar-refractivity contribution is 0.0450. The molecule has 0 saturated carbocycles. The molecule has 0 spiro atoms. The lowest BCUT2D eigenvalue weighted by Crippen LogP contribution is -2.28. The molecule has 0 radical (unpaired) electrons. The smallest absolute Gasteiger partial charge is 0.339 e. The van der Waals surface area contributed by atoms with Crippen LogP contribution in [0.1, 0.15) is 38.8 Å². The van der Waals surface area contributed by atoms with Crippen molar-refractivity contribution in [3.63, 3.8) is 0 Å². The number of carbonyl (C=O) groups is 1. The van der Waals surface area contributed by atoms with E-state index in [1.807, 2.05) is 6.07 Å². The Hall–Kier alpha value is -3.41. The number of hydrogen-bond acceptors (Lipinski definition) is 5. The third-order valence-electron chi connectivity index (χ3n) is 4.54. The van der Waals surface area contributed by atoms with Crippen LogP contribution in [0.25, 0.3) is 0 Å². The molecular weight excluding hydrogens is 332 g/mol. The van der Waals surface area contributed by atoms with Crippen LogP contribution in [-0.2, 0) is 11.3 Å². The predicted octanol–water partition coefficient (Wildman–Crippen LogP) is 2.57. The highest BCUT2D eigenvalue weighted by molar-refractivity contribution is 5.94. The maximum atomic E-state index is 13.1. The number of aromatic nitrogens is 2. The molecule has 0 fully saturated rings. The van der Waals surface area contributed by atoms with E-state index in [-0.39, 0.29) is 16.9 Å². The number of fused-ring (bicyclic) bond motifs is 1. The zero-order valence-corrected chi connectivity index (χ0v) is 14.0. The molecule has 0 saturated heterocycles. The Kier molecular flexibility index (Phi) is 3.80. The number of aryl methyl sites for hydroxylation is 1. The summed E-state index contributed by atoms with van der Waals surface area (Å²) in [5.41, 5.74) is 2.15. The van der Waals surface area contributed by atoms with Gasteiger partial charge in [-0.1, -0.05) is 24.3 Å². The van der Waals surface area contributed by atoms with Gasteiger partial charge in [-0.3, -0.25) is 9.78 Å². The molecular formula is C20H16N2O4. The monoisotopic (exact) mass is 348 g/mol. The number of ether oxygens (including phenoxy) is 1. The molecule has 26 heavy (non-hydrogen) atoms. The summed E-state index contributed by atoms with van der Waals surface area (Å²) in [6.45, 7) is 2.06. The van der Waals surface area contributed by atoms with Gasteiger partial charge in [0, 0.05) is 23.7 Å². The highest BCUT2D eigenvalue weighted by Crippen LogP contribution is 2.37. The van der Waals surface area contributed by atoms with Gasteiger partial charge in [0.1, 0.15) is 11.3 Å². The lowest BCUT2D eigenvalue weighted by Gasteiger charge is -2.17. The Labute approximate surface area is 149 Å². The van der Waals surface area contributed by atoms with Crippen molar-refractivity contribution < 1.29 is 14.6 Å². The van der Waals surface area contributed by atoms with Gasteiger partial charge in [-0.15, -0.1) is 0 Å². The van der Waals surface area contributed by atoms with Crippen LogP contribution < -0.4 is 5.56 Å². The van der Waals surface area contributed by atoms with Crippen molar-refractivity contribution >= 4 is 5.97 Å². The van der Waals surface area contributed by atoms with E-state index in [0.717, 1.165) is 5.56 Å². The quantitative estimate of drug-likeness (QED) is 0.736. The molecule has 130 valence electrons. The molecule has 3 aromatic rings. The molecule has 6 nitrogen and oxygen atoms in total. The lowest BCUT2D eigenvalue weighted by atomic mass is 9.99. The highest BCUT2D eigenvalue weighted by Gasteiger charge is 2.35. The van der Waals surface area contributed by atoms with Gasteiger partial charge in [0.15, 0.2) is 6.10 Å². The van der Waals surface area contributed by atoms with Crippen LogP contribution in [0.2, 0.25) is 0 Å². The van der Waals surface area contributed by atoms with Gasteiger partial charge in [-0.2, -0.15) is 0 Å². The maximum Gasteiger partial charge on any atom is 0.339 e. The second-order valence-corrected chi connectivity index (χ2v) is 6.21. The first kappa shape index (κ1) is 16.1. The Morgan fingerprint density at radius 1 is 1.19 bits per heavy atom. The van der Waals surface area contributed by atoms with E-state index in [1.165, 1.54) is 6.07 Å². The Bertz CT molecular complexity index is 1060.